The van der Waals surface area contributed by atoms with Crippen molar-refractivity contribution in [3.05, 3.63) is 29.8 Å². The molecule has 0 spiro atoms. The van der Waals surface area contributed by atoms with Crippen molar-refractivity contribution in [2.45, 2.75) is 19.9 Å². The summed E-state index contributed by atoms with van der Waals surface area (Å²) in [5.74, 6) is -0.625. The van der Waals surface area contributed by atoms with Gasteiger partial charge in [-0.25, -0.2) is 0 Å². The largest absolute Gasteiger partial charge is 0.480 e. The third kappa shape index (κ3) is 2.65. The van der Waals surface area contributed by atoms with Crippen molar-refractivity contribution in [3.8, 4) is 11.5 Å². The van der Waals surface area contributed by atoms with Gasteiger partial charge in [0.15, 0.2) is 0 Å². The summed E-state index contributed by atoms with van der Waals surface area (Å²) in [5, 5.41) is 19.0. The summed E-state index contributed by atoms with van der Waals surface area (Å²) in [6, 6.07) is 6.93. The Balaban J connectivity index is 2.15. The minimum absolute atomic E-state index is 0.0977. The van der Waals surface area contributed by atoms with Gasteiger partial charge in [0.05, 0.1) is 0 Å². The van der Waals surface area contributed by atoms with Gasteiger partial charge in [-0.05, 0) is 26.0 Å². The second-order valence-electron chi connectivity index (χ2n) is 3.98. The van der Waals surface area contributed by atoms with E-state index in [0.717, 1.165) is 11.1 Å². The van der Waals surface area contributed by atoms with Crippen LogP contribution in [-0.4, -0.2) is 27.3 Å². The number of hydrogen-bond acceptors (Lipinski definition) is 5. The highest BCUT2D eigenvalue weighted by atomic mass is 16.4. The van der Waals surface area contributed by atoms with E-state index in [1.54, 1.807) is 0 Å². The third-order valence-electron chi connectivity index (χ3n) is 2.43. The fourth-order valence-corrected chi connectivity index (χ4v) is 1.34. The standard InChI is InChI=1S/C12H13N3O3/c1-7-3-5-9(6-4-7)10-14-15-12(18-10)13-8(2)11(16)17/h3-6,8H,1-2H3,(H,13,15)(H,16,17)/t8-/m1/s1. The molecule has 0 saturated heterocycles. The van der Waals surface area contributed by atoms with E-state index < -0.39 is 12.0 Å². The molecule has 1 aromatic heterocycles. The maximum atomic E-state index is 10.7. The van der Waals surface area contributed by atoms with E-state index in [1.165, 1.54) is 6.92 Å². The monoisotopic (exact) mass is 247 g/mol. The zero-order valence-corrected chi connectivity index (χ0v) is 10.0. The number of aryl methyl sites for hydroxylation is 1. The zero-order valence-electron chi connectivity index (χ0n) is 10.0. The lowest BCUT2D eigenvalue weighted by Gasteiger charge is -2.04. The van der Waals surface area contributed by atoms with Crippen LogP contribution in [0.2, 0.25) is 0 Å². The lowest BCUT2D eigenvalue weighted by Crippen LogP contribution is -2.25. The van der Waals surface area contributed by atoms with Crippen LogP contribution < -0.4 is 5.32 Å². The van der Waals surface area contributed by atoms with Gasteiger partial charge in [-0.2, -0.15) is 0 Å². The van der Waals surface area contributed by atoms with Crippen LogP contribution in [0.25, 0.3) is 11.5 Å². The SMILES string of the molecule is Cc1ccc(-c2nnc(N[C@H](C)C(=O)O)o2)cc1. The van der Waals surface area contributed by atoms with Crippen LogP contribution in [0.4, 0.5) is 6.01 Å². The molecule has 0 aliphatic heterocycles. The van der Waals surface area contributed by atoms with E-state index >= 15 is 0 Å². The molecular weight excluding hydrogens is 234 g/mol. The molecule has 0 amide bonds. The Labute approximate surface area is 104 Å². The number of hydrogen-bond donors (Lipinski definition) is 2. The average molecular weight is 247 g/mol. The first-order chi connectivity index (χ1) is 8.56. The fraction of sp³-hybridized carbons (Fsp3) is 0.250. The maximum absolute atomic E-state index is 10.7. The van der Waals surface area contributed by atoms with Crippen LogP contribution in [0.5, 0.6) is 0 Å². The van der Waals surface area contributed by atoms with Gasteiger partial charge >= 0.3 is 12.0 Å². The first kappa shape index (κ1) is 12.1. The Morgan fingerprint density at radius 3 is 2.61 bits per heavy atom. The third-order valence-corrected chi connectivity index (χ3v) is 2.43. The van der Waals surface area contributed by atoms with Gasteiger partial charge < -0.3 is 14.8 Å². The highest BCUT2D eigenvalue weighted by Crippen LogP contribution is 2.20. The number of aromatic nitrogens is 2. The van der Waals surface area contributed by atoms with Crippen molar-refractivity contribution in [2.24, 2.45) is 0 Å². The second-order valence-corrected chi connectivity index (χ2v) is 3.98. The van der Waals surface area contributed by atoms with Gasteiger partial charge in [-0.3, -0.25) is 4.79 Å². The number of nitrogens with one attached hydrogen (secondary N) is 1. The van der Waals surface area contributed by atoms with Crippen LogP contribution in [0, 0.1) is 6.92 Å². The molecule has 2 N–H and O–H groups in total. The molecule has 6 nitrogen and oxygen atoms in total. The summed E-state index contributed by atoms with van der Waals surface area (Å²) < 4.78 is 5.33. The van der Waals surface area contributed by atoms with Gasteiger partial charge in [-0.1, -0.05) is 22.8 Å². The Bertz CT molecular complexity index is 548. The van der Waals surface area contributed by atoms with E-state index in [0.29, 0.717) is 5.89 Å². The number of anilines is 1. The molecule has 2 rings (SSSR count). The second kappa shape index (κ2) is 4.87. The smallest absolute Gasteiger partial charge is 0.325 e. The number of benzene rings is 1. The summed E-state index contributed by atoms with van der Waals surface area (Å²) in [5.41, 5.74) is 1.93. The highest BCUT2D eigenvalue weighted by Gasteiger charge is 2.14. The normalized spacial score (nSPS) is 12.1. The predicted octanol–water partition coefficient (Wildman–Crippen LogP) is 1.93. The molecule has 0 bridgehead atoms. The molecule has 1 aromatic carbocycles. The van der Waals surface area contributed by atoms with Crippen molar-refractivity contribution < 1.29 is 14.3 Å². The number of rotatable bonds is 4. The molecule has 0 radical (unpaired) electrons. The quantitative estimate of drug-likeness (QED) is 0.858. The molecule has 1 heterocycles. The molecular formula is C12H13N3O3. The van der Waals surface area contributed by atoms with Gasteiger partial charge in [0.1, 0.15) is 6.04 Å². The molecule has 94 valence electrons. The predicted molar refractivity (Wildman–Crippen MR) is 65.2 cm³/mol. The molecule has 18 heavy (non-hydrogen) atoms. The van der Waals surface area contributed by atoms with E-state index in [4.69, 9.17) is 9.52 Å². The van der Waals surface area contributed by atoms with E-state index in [1.807, 2.05) is 31.2 Å². The van der Waals surface area contributed by atoms with Crippen LogP contribution in [0.15, 0.2) is 28.7 Å². The molecule has 0 unspecified atom stereocenters. The zero-order chi connectivity index (χ0) is 13.1. The van der Waals surface area contributed by atoms with Crippen LogP contribution in [0.3, 0.4) is 0 Å². The van der Waals surface area contributed by atoms with Crippen molar-refractivity contribution in [2.75, 3.05) is 5.32 Å². The summed E-state index contributed by atoms with van der Waals surface area (Å²) in [4.78, 5) is 10.7. The minimum Gasteiger partial charge on any atom is -0.480 e. The molecule has 1 atom stereocenters. The maximum Gasteiger partial charge on any atom is 0.325 e. The Kier molecular flexibility index (Phi) is 3.27. The average Bonchev–Trinajstić information content (AvgIpc) is 2.78. The molecule has 0 aliphatic rings. The van der Waals surface area contributed by atoms with Gasteiger partial charge in [0, 0.05) is 5.56 Å². The van der Waals surface area contributed by atoms with Crippen LogP contribution in [-0.2, 0) is 4.79 Å². The fourth-order valence-electron chi connectivity index (χ4n) is 1.34. The Hall–Kier alpha value is -2.37. The first-order valence-electron chi connectivity index (χ1n) is 5.46. The lowest BCUT2D eigenvalue weighted by molar-refractivity contribution is -0.137. The summed E-state index contributed by atoms with van der Waals surface area (Å²) in [7, 11) is 0. The Morgan fingerprint density at radius 1 is 1.33 bits per heavy atom. The first-order valence-corrected chi connectivity index (χ1v) is 5.46. The summed E-state index contributed by atoms with van der Waals surface area (Å²) in [6.07, 6.45) is 0. The number of carboxylic acid groups (broad SMARTS) is 1. The number of carbonyl (C=O) groups is 1. The summed E-state index contributed by atoms with van der Waals surface area (Å²) >= 11 is 0. The minimum atomic E-state index is -0.981. The van der Waals surface area contributed by atoms with Crippen LogP contribution in [0.1, 0.15) is 12.5 Å². The van der Waals surface area contributed by atoms with Crippen molar-refractivity contribution >= 4 is 12.0 Å². The molecule has 2 aromatic rings. The van der Waals surface area contributed by atoms with Gasteiger partial charge in [0.2, 0.25) is 5.89 Å². The van der Waals surface area contributed by atoms with E-state index in [9.17, 15) is 4.79 Å². The van der Waals surface area contributed by atoms with Gasteiger partial charge in [-0.15, -0.1) is 5.10 Å². The molecule has 0 saturated carbocycles. The topological polar surface area (TPSA) is 88.2 Å². The van der Waals surface area contributed by atoms with Gasteiger partial charge in [0.25, 0.3) is 0 Å². The molecule has 6 heteroatoms. The van der Waals surface area contributed by atoms with E-state index in [-0.39, 0.29) is 6.01 Å². The highest BCUT2D eigenvalue weighted by molar-refractivity contribution is 5.75. The van der Waals surface area contributed by atoms with Crippen molar-refractivity contribution in [1.29, 1.82) is 0 Å². The van der Waals surface area contributed by atoms with Crippen molar-refractivity contribution in [1.82, 2.24) is 10.2 Å². The molecule has 0 aliphatic carbocycles. The summed E-state index contributed by atoms with van der Waals surface area (Å²) in [6.45, 7) is 3.48. The van der Waals surface area contributed by atoms with E-state index in [2.05, 4.69) is 15.5 Å². The van der Waals surface area contributed by atoms with Crippen LogP contribution >= 0.6 is 0 Å². The lowest BCUT2D eigenvalue weighted by atomic mass is 10.1. The van der Waals surface area contributed by atoms with Crippen molar-refractivity contribution in [3.63, 3.8) is 0 Å². The Morgan fingerprint density at radius 2 is 2.00 bits per heavy atom. The number of carboxylic acids is 1. The number of aliphatic carboxylic acids is 1. The number of nitrogens with zero attached hydrogens (tertiary/aromatic N) is 2. The molecule has 0 fully saturated rings.